The van der Waals surface area contributed by atoms with Crippen molar-refractivity contribution < 1.29 is 4.79 Å². The van der Waals surface area contributed by atoms with E-state index in [1.165, 1.54) is 15.6 Å². The van der Waals surface area contributed by atoms with Gasteiger partial charge in [0.15, 0.2) is 0 Å². The molecule has 2 aromatic carbocycles. The van der Waals surface area contributed by atoms with Gasteiger partial charge in [-0.15, -0.1) is 11.3 Å². The molecule has 0 radical (unpaired) electrons. The van der Waals surface area contributed by atoms with Crippen LogP contribution in [0.2, 0.25) is 0 Å². The largest absolute Gasteiger partial charge is 0.337 e. The minimum Gasteiger partial charge on any atom is -0.337 e. The highest BCUT2D eigenvalue weighted by Gasteiger charge is 2.18. The molecule has 0 atom stereocenters. The van der Waals surface area contributed by atoms with Crippen LogP contribution in [-0.2, 0) is 6.54 Å². The highest BCUT2D eigenvalue weighted by Crippen LogP contribution is 2.31. The Labute approximate surface area is 135 Å². The summed E-state index contributed by atoms with van der Waals surface area (Å²) in [5, 5.41) is 1.18. The number of fused-ring (bicyclic) bond motifs is 1. The molecule has 0 bridgehead atoms. The first kappa shape index (κ1) is 14.8. The van der Waals surface area contributed by atoms with Crippen molar-refractivity contribution in [2.45, 2.75) is 20.4 Å². The third kappa shape index (κ3) is 2.77. The lowest BCUT2D eigenvalue weighted by atomic mass is 10.1. The van der Waals surface area contributed by atoms with E-state index in [2.05, 4.69) is 43.3 Å². The molecule has 112 valence electrons. The van der Waals surface area contributed by atoms with Gasteiger partial charge in [0.05, 0.1) is 4.88 Å². The summed E-state index contributed by atoms with van der Waals surface area (Å²) in [5.41, 5.74) is 3.47. The number of benzene rings is 2. The normalized spacial score (nSPS) is 10.9. The second kappa shape index (κ2) is 5.93. The van der Waals surface area contributed by atoms with Gasteiger partial charge >= 0.3 is 0 Å². The predicted molar refractivity (Wildman–Crippen MR) is 93.5 cm³/mol. The van der Waals surface area contributed by atoms with Crippen molar-refractivity contribution in [1.29, 1.82) is 0 Å². The average Bonchev–Trinajstić information content (AvgIpc) is 2.86. The molecule has 0 aliphatic rings. The number of hydrogen-bond acceptors (Lipinski definition) is 2. The lowest BCUT2D eigenvalue weighted by Gasteiger charge is -2.17. The van der Waals surface area contributed by atoms with Crippen LogP contribution in [0.25, 0.3) is 10.1 Å². The average molecular weight is 309 g/mol. The Hall–Kier alpha value is -2.13. The molecule has 1 amide bonds. The van der Waals surface area contributed by atoms with Crippen molar-refractivity contribution in [1.82, 2.24) is 4.90 Å². The monoisotopic (exact) mass is 309 g/mol. The minimum atomic E-state index is 0.0966. The van der Waals surface area contributed by atoms with Gasteiger partial charge in [0.25, 0.3) is 5.91 Å². The van der Waals surface area contributed by atoms with Gasteiger partial charge in [0, 0.05) is 18.3 Å². The van der Waals surface area contributed by atoms with Crippen molar-refractivity contribution in [3.8, 4) is 0 Å². The summed E-state index contributed by atoms with van der Waals surface area (Å²) in [7, 11) is 1.87. The quantitative estimate of drug-likeness (QED) is 0.681. The number of amides is 1. The molecule has 3 heteroatoms. The van der Waals surface area contributed by atoms with E-state index in [1.807, 2.05) is 26.1 Å². The topological polar surface area (TPSA) is 20.3 Å². The zero-order valence-corrected chi connectivity index (χ0v) is 13.9. The predicted octanol–water partition coefficient (Wildman–Crippen LogP) is 4.79. The lowest BCUT2D eigenvalue weighted by molar-refractivity contribution is 0.0789. The molecular formula is C19H19NOS. The van der Waals surface area contributed by atoms with Crippen LogP contribution >= 0.6 is 11.3 Å². The second-order valence-corrected chi connectivity index (χ2v) is 6.75. The smallest absolute Gasteiger partial charge is 0.264 e. The van der Waals surface area contributed by atoms with Crippen LogP contribution in [0.1, 0.15) is 26.4 Å². The number of carbonyl (C=O) groups is 1. The van der Waals surface area contributed by atoms with Crippen LogP contribution in [0, 0.1) is 13.8 Å². The van der Waals surface area contributed by atoms with Crippen molar-refractivity contribution in [2.24, 2.45) is 0 Å². The molecule has 1 aromatic heterocycles. The maximum absolute atomic E-state index is 12.7. The van der Waals surface area contributed by atoms with Crippen molar-refractivity contribution >= 4 is 27.3 Å². The van der Waals surface area contributed by atoms with Crippen molar-refractivity contribution in [3.63, 3.8) is 0 Å². The van der Waals surface area contributed by atoms with E-state index in [0.717, 1.165) is 16.0 Å². The maximum Gasteiger partial charge on any atom is 0.264 e. The molecule has 0 saturated carbocycles. The molecule has 0 saturated heterocycles. The number of nitrogens with zero attached hydrogens (tertiary/aromatic N) is 1. The van der Waals surface area contributed by atoms with Crippen LogP contribution in [0.4, 0.5) is 0 Å². The summed E-state index contributed by atoms with van der Waals surface area (Å²) in [5.74, 6) is 0.0966. The summed E-state index contributed by atoms with van der Waals surface area (Å²) in [6, 6.07) is 16.5. The molecule has 0 spiro atoms. The third-order valence-electron chi connectivity index (χ3n) is 3.92. The Bertz CT molecular complexity index is 817. The van der Waals surface area contributed by atoms with Gasteiger partial charge in [-0.05, 0) is 36.4 Å². The molecule has 0 aliphatic heterocycles. The SMILES string of the molecule is Cc1ccc(CN(C)C(=O)c2sc3ccccc3c2C)cc1. The first-order chi connectivity index (χ1) is 10.6. The van der Waals surface area contributed by atoms with Crippen LogP contribution in [-0.4, -0.2) is 17.9 Å². The van der Waals surface area contributed by atoms with E-state index in [0.29, 0.717) is 6.54 Å². The fraction of sp³-hybridized carbons (Fsp3) is 0.211. The first-order valence-electron chi connectivity index (χ1n) is 7.35. The van der Waals surface area contributed by atoms with Crippen LogP contribution in [0.5, 0.6) is 0 Å². The summed E-state index contributed by atoms with van der Waals surface area (Å²) in [6.07, 6.45) is 0. The molecule has 0 unspecified atom stereocenters. The fourth-order valence-corrected chi connectivity index (χ4v) is 3.79. The highest BCUT2D eigenvalue weighted by atomic mass is 32.1. The number of carbonyl (C=O) groups excluding carboxylic acids is 1. The second-order valence-electron chi connectivity index (χ2n) is 5.70. The minimum absolute atomic E-state index is 0.0966. The van der Waals surface area contributed by atoms with Gasteiger partial charge in [-0.25, -0.2) is 0 Å². The van der Waals surface area contributed by atoms with Crippen molar-refractivity contribution in [2.75, 3.05) is 7.05 Å². The molecule has 0 aliphatic carbocycles. The van der Waals surface area contributed by atoms with Crippen molar-refractivity contribution in [3.05, 3.63) is 70.1 Å². The molecule has 0 N–H and O–H groups in total. The zero-order chi connectivity index (χ0) is 15.7. The molecule has 3 rings (SSSR count). The third-order valence-corrected chi connectivity index (χ3v) is 5.19. The summed E-state index contributed by atoms with van der Waals surface area (Å²) < 4.78 is 1.17. The van der Waals surface area contributed by atoms with E-state index < -0.39 is 0 Å². The molecule has 0 fully saturated rings. The van der Waals surface area contributed by atoms with E-state index in [9.17, 15) is 4.79 Å². The van der Waals surface area contributed by atoms with E-state index in [4.69, 9.17) is 0 Å². The molecule has 3 aromatic rings. The van der Waals surface area contributed by atoms with Crippen LogP contribution in [0.15, 0.2) is 48.5 Å². The first-order valence-corrected chi connectivity index (χ1v) is 8.17. The number of rotatable bonds is 3. The van der Waals surface area contributed by atoms with Gasteiger partial charge in [0.2, 0.25) is 0 Å². The van der Waals surface area contributed by atoms with Gasteiger partial charge in [-0.2, -0.15) is 0 Å². The summed E-state index contributed by atoms with van der Waals surface area (Å²) >= 11 is 1.58. The van der Waals surface area contributed by atoms with Gasteiger partial charge in [0.1, 0.15) is 0 Å². The number of aryl methyl sites for hydroxylation is 2. The molecule has 1 heterocycles. The Morgan fingerprint density at radius 3 is 2.41 bits per heavy atom. The standard InChI is InChI=1S/C19H19NOS/c1-13-8-10-15(11-9-13)12-20(3)19(21)18-14(2)16-6-4-5-7-17(16)22-18/h4-11H,12H2,1-3H3. The maximum atomic E-state index is 12.7. The van der Waals surface area contributed by atoms with E-state index in [1.54, 1.807) is 16.2 Å². The van der Waals surface area contributed by atoms with Crippen LogP contribution in [0.3, 0.4) is 0 Å². The number of hydrogen-bond donors (Lipinski definition) is 0. The zero-order valence-electron chi connectivity index (χ0n) is 13.1. The molecule has 22 heavy (non-hydrogen) atoms. The fourth-order valence-electron chi connectivity index (χ4n) is 2.59. The Balaban J connectivity index is 1.85. The Morgan fingerprint density at radius 2 is 1.73 bits per heavy atom. The molecular weight excluding hydrogens is 290 g/mol. The van der Waals surface area contributed by atoms with Gasteiger partial charge < -0.3 is 4.90 Å². The Morgan fingerprint density at radius 1 is 1.05 bits per heavy atom. The molecule has 2 nitrogen and oxygen atoms in total. The van der Waals surface area contributed by atoms with Crippen LogP contribution < -0.4 is 0 Å². The highest BCUT2D eigenvalue weighted by molar-refractivity contribution is 7.21. The van der Waals surface area contributed by atoms with E-state index >= 15 is 0 Å². The number of thiophene rings is 1. The van der Waals surface area contributed by atoms with E-state index in [-0.39, 0.29) is 5.91 Å². The van der Waals surface area contributed by atoms with Gasteiger partial charge in [-0.3, -0.25) is 4.79 Å². The van der Waals surface area contributed by atoms with Gasteiger partial charge in [-0.1, -0.05) is 48.0 Å². The Kier molecular flexibility index (Phi) is 3.99. The summed E-state index contributed by atoms with van der Waals surface area (Å²) in [6.45, 7) is 4.73. The summed E-state index contributed by atoms with van der Waals surface area (Å²) in [4.78, 5) is 15.4. The lowest BCUT2D eigenvalue weighted by Crippen LogP contribution is -2.25.